The molecule has 0 N–H and O–H groups in total. The third kappa shape index (κ3) is 7.35. The highest BCUT2D eigenvalue weighted by Crippen LogP contribution is 2.42. The van der Waals surface area contributed by atoms with Crippen LogP contribution in [-0.4, -0.2) is 88.3 Å². The quantitative estimate of drug-likeness (QED) is 0.269. The Labute approximate surface area is 273 Å². The van der Waals surface area contributed by atoms with Crippen LogP contribution in [0, 0.1) is 0 Å². The second kappa shape index (κ2) is 15.2. The highest BCUT2D eigenvalue weighted by atomic mass is 16.6. The molecule has 47 heavy (non-hydrogen) atoms. The topological polar surface area (TPSA) is 135 Å². The lowest BCUT2D eigenvalue weighted by atomic mass is 9.99. The lowest BCUT2D eigenvalue weighted by Gasteiger charge is -2.39. The summed E-state index contributed by atoms with van der Waals surface area (Å²) in [6.07, 6.45) is -1.66. The summed E-state index contributed by atoms with van der Waals surface area (Å²) in [5, 5.41) is 0. The van der Waals surface area contributed by atoms with Crippen molar-refractivity contribution in [2.75, 3.05) is 42.7 Å². The second-order valence-electron chi connectivity index (χ2n) is 10.6. The van der Waals surface area contributed by atoms with Crippen LogP contribution in [0.25, 0.3) is 0 Å². The van der Waals surface area contributed by atoms with E-state index < -0.39 is 30.1 Å². The van der Waals surface area contributed by atoms with E-state index in [0.29, 0.717) is 28.6 Å². The molecular formula is C34H39N3O10. The summed E-state index contributed by atoms with van der Waals surface area (Å²) in [5.41, 5.74) is 1.49. The number of hydrogen-bond donors (Lipinski definition) is 0. The Morgan fingerprint density at radius 1 is 0.745 bits per heavy atom. The van der Waals surface area contributed by atoms with Crippen molar-refractivity contribution in [1.29, 1.82) is 0 Å². The van der Waals surface area contributed by atoms with Crippen molar-refractivity contribution in [2.45, 2.75) is 39.0 Å². The van der Waals surface area contributed by atoms with Gasteiger partial charge in [-0.05, 0) is 37.1 Å². The molecule has 3 aromatic carbocycles. The van der Waals surface area contributed by atoms with Gasteiger partial charge >= 0.3 is 6.09 Å². The van der Waals surface area contributed by atoms with Crippen molar-refractivity contribution in [3.63, 3.8) is 0 Å². The molecule has 0 spiro atoms. The van der Waals surface area contributed by atoms with Crippen LogP contribution in [0.5, 0.6) is 34.5 Å². The molecule has 0 saturated carbocycles. The summed E-state index contributed by atoms with van der Waals surface area (Å²) in [4.78, 5) is 49.2. The monoisotopic (exact) mass is 649 g/mol. The van der Waals surface area contributed by atoms with E-state index >= 15 is 0 Å². The first-order valence-electron chi connectivity index (χ1n) is 14.7. The number of carbonyl (C=O) groups is 3. The highest BCUT2D eigenvalue weighted by Gasteiger charge is 2.48. The van der Waals surface area contributed by atoms with Gasteiger partial charge in [0, 0.05) is 18.6 Å². The summed E-state index contributed by atoms with van der Waals surface area (Å²) in [6, 6.07) is 14.2. The minimum Gasteiger partial charge on any atom is -0.493 e. The molecule has 13 nitrogen and oxygen atoms in total. The molecule has 0 aliphatic carbocycles. The summed E-state index contributed by atoms with van der Waals surface area (Å²) in [7, 11) is 8.77. The molecule has 3 aromatic rings. The molecule has 1 aliphatic heterocycles. The number of piperazine rings is 1. The van der Waals surface area contributed by atoms with Gasteiger partial charge in [0.25, 0.3) is 11.8 Å². The Hall–Kier alpha value is -5.46. The number of aliphatic imine (C=N–C) groups is 1. The zero-order valence-electron chi connectivity index (χ0n) is 27.7. The van der Waals surface area contributed by atoms with Gasteiger partial charge < -0.3 is 33.2 Å². The fraction of sp³-hybridized carbons (Fsp3) is 0.353. The van der Waals surface area contributed by atoms with Crippen LogP contribution < -0.4 is 28.4 Å². The highest BCUT2D eigenvalue weighted by molar-refractivity contribution is 6.45. The molecule has 1 atom stereocenters. The van der Waals surface area contributed by atoms with E-state index in [4.69, 9.17) is 33.2 Å². The molecule has 0 radical (unpaired) electrons. The first-order valence-corrected chi connectivity index (χ1v) is 14.7. The Morgan fingerprint density at radius 2 is 1.26 bits per heavy atom. The number of benzene rings is 3. The maximum Gasteiger partial charge on any atom is 0.417 e. The second-order valence-corrected chi connectivity index (χ2v) is 10.6. The molecule has 1 aliphatic rings. The molecular weight excluding hydrogens is 610 g/mol. The van der Waals surface area contributed by atoms with Crippen LogP contribution in [0.15, 0.2) is 59.6 Å². The van der Waals surface area contributed by atoms with Crippen molar-refractivity contribution >= 4 is 29.4 Å². The third-order valence-corrected chi connectivity index (χ3v) is 7.28. The summed E-state index contributed by atoms with van der Waals surface area (Å²) in [5.74, 6) is 0.238. The predicted molar refractivity (Wildman–Crippen MR) is 172 cm³/mol. The van der Waals surface area contributed by atoms with Crippen molar-refractivity contribution in [2.24, 2.45) is 4.99 Å². The number of rotatable bonds is 12. The average Bonchev–Trinajstić information content (AvgIpc) is 3.07. The van der Waals surface area contributed by atoms with Crippen molar-refractivity contribution in [3.8, 4) is 34.5 Å². The zero-order chi connectivity index (χ0) is 34.2. The van der Waals surface area contributed by atoms with E-state index in [1.807, 2.05) is 30.3 Å². The summed E-state index contributed by atoms with van der Waals surface area (Å²) in [6.45, 7) is 3.29. The van der Waals surface area contributed by atoms with E-state index in [2.05, 4.69) is 4.99 Å². The predicted octanol–water partition coefficient (Wildman–Crippen LogP) is 4.80. The van der Waals surface area contributed by atoms with E-state index in [9.17, 15) is 14.4 Å². The van der Waals surface area contributed by atoms with Gasteiger partial charge in [0.2, 0.25) is 17.3 Å². The molecule has 1 heterocycles. The lowest BCUT2D eigenvalue weighted by Crippen LogP contribution is -2.64. The minimum absolute atomic E-state index is 0.00645. The maximum atomic E-state index is 14.5. The molecule has 13 heteroatoms. The van der Waals surface area contributed by atoms with Gasteiger partial charge in [-0.3, -0.25) is 14.5 Å². The van der Waals surface area contributed by atoms with Gasteiger partial charge in [-0.2, -0.15) is 0 Å². The number of ether oxygens (including phenoxy) is 7. The van der Waals surface area contributed by atoms with Crippen molar-refractivity contribution < 1.29 is 47.5 Å². The van der Waals surface area contributed by atoms with Crippen molar-refractivity contribution in [3.05, 3.63) is 65.7 Å². The first kappa shape index (κ1) is 34.4. The zero-order valence-corrected chi connectivity index (χ0v) is 27.7. The number of amidine groups is 1. The number of amides is 3. The average molecular weight is 650 g/mol. The van der Waals surface area contributed by atoms with Crippen LogP contribution >= 0.6 is 0 Å². The van der Waals surface area contributed by atoms with E-state index in [1.54, 1.807) is 26.0 Å². The maximum absolute atomic E-state index is 14.5. The molecule has 250 valence electrons. The number of hydrogen-bond acceptors (Lipinski definition) is 11. The third-order valence-electron chi connectivity index (χ3n) is 7.28. The fourth-order valence-electron chi connectivity index (χ4n) is 5.16. The summed E-state index contributed by atoms with van der Waals surface area (Å²) >= 11 is 0. The Balaban J connectivity index is 1.91. The molecule has 0 aromatic heterocycles. The van der Waals surface area contributed by atoms with Crippen LogP contribution in [0.4, 0.5) is 10.5 Å². The lowest BCUT2D eigenvalue weighted by molar-refractivity contribution is -0.144. The molecule has 0 bridgehead atoms. The Bertz CT molecular complexity index is 1590. The molecule has 3 amide bonds. The van der Waals surface area contributed by atoms with Gasteiger partial charge in [-0.25, -0.2) is 14.7 Å². The largest absolute Gasteiger partial charge is 0.493 e. The van der Waals surface area contributed by atoms with E-state index in [1.165, 1.54) is 59.7 Å². The van der Waals surface area contributed by atoms with Gasteiger partial charge in [0.15, 0.2) is 23.0 Å². The van der Waals surface area contributed by atoms with Gasteiger partial charge in [-0.15, -0.1) is 0 Å². The number of imide groups is 1. The van der Waals surface area contributed by atoms with Gasteiger partial charge in [0.1, 0.15) is 6.04 Å². The molecule has 4 rings (SSSR count). The minimum atomic E-state index is -1.31. The Kier molecular flexibility index (Phi) is 11.1. The molecule has 1 unspecified atom stereocenters. The van der Waals surface area contributed by atoms with E-state index in [0.717, 1.165) is 10.5 Å². The summed E-state index contributed by atoms with van der Waals surface area (Å²) < 4.78 is 38.3. The van der Waals surface area contributed by atoms with Crippen LogP contribution in [0.3, 0.4) is 0 Å². The first-order chi connectivity index (χ1) is 22.6. The van der Waals surface area contributed by atoms with Crippen LogP contribution in [0.1, 0.15) is 25.0 Å². The number of nitrogens with zero attached hydrogens (tertiary/aromatic N) is 3. The Morgan fingerprint density at radius 3 is 1.72 bits per heavy atom. The fourth-order valence-corrected chi connectivity index (χ4v) is 5.16. The smallest absolute Gasteiger partial charge is 0.417 e. The van der Waals surface area contributed by atoms with E-state index in [-0.39, 0.29) is 36.0 Å². The van der Waals surface area contributed by atoms with Gasteiger partial charge in [0.05, 0.1) is 61.0 Å². The van der Waals surface area contributed by atoms with Gasteiger partial charge in [-0.1, -0.05) is 30.3 Å². The number of carbonyl (C=O) groups excluding carboxylic acids is 3. The van der Waals surface area contributed by atoms with Crippen molar-refractivity contribution in [1.82, 2.24) is 9.80 Å². The molecule has 1 saturated heterocycles. The van der Waals surface area contributed by atoms with Crippen LogP contribution in [-0.2, 0) is 27.3 Å². The normalized spacial score (nSPS) is 15.5. The van der Waals surface area contributed by atoms with Crippen LogP contribution in [0.2, 0.25) is 0 Å². The standard InChI is InChI=1S/C34H39N3O10/c1-20(2)47-34(40)37-24(14-22-15-25(41-3)29(45-7)26(16-22)42-4)32(38)36(19-21-12-10-9-11-13-21)31(33(37)39)35-23-17-27(43-5)30(46-8)28(18-23)44-6/h9-13,15-18,20,24H,14,19H2,1-8H3. The molecule has 1 fully saturated rings. The number of methoxy groups -OCH3 is 6. The SMILES string of the molecule is COc1cc(CC2C(=O)N(Cc3ccccc3)C(=Nc3cc(OC)c(OC)c(OC)c3)C(=O)N2C(=O)OC(C)C)cc(OC)c1OC.